The number of H-pyrrole nitrogens is 1. The van der Waals surface area contributed by atoms with Crippen LogP contribution in [0, 0.1) is 0 Å². The van der Waals surface area contributed by atoms with Crippen molar-refractivity contribution in [2.45, 2.75) is 6.54 Å². The predicted octanol–water partition coefficient (Wildman–Crippen LogP) is 7.38. The van der Waals surface area contributed by atoms with Crippen LogP contribution in [0.25, 0.3) is 38.6 Å². The number of rotatable bonds is 5. The Morgan fingerprint density at radius 3 is 2.26 bits per heavy atom. The lowest BCUT2D eigenvalue weighted by atomic mass is 10.0. The number of aromatic nitrogens is 2. The molecule has 0 fully saturated rings. The molecule has 2 N–H and O–H groups in total. The van der Waals surface area contributed by atoms with Crippen molar-refractivity contribution in [2.24, 2.45) is 0 Å². The molecule has 0 aliphatic carbocycles. The number of aromatic amines is 1. The van der Waals surface area contributed by atoms with Crippen molar-refractivity contribution in [3.8, 4) is 16.8 Å². The minimum atomic E-state index is -0.397. The monoisotopic (exact) mass is 537 g/mol. The molecule has 0 saturated carbocycles. The summed E-state index contributed by atoms with van der Waals surface area (Å²) in [5, 5.41) is 5.15. The number of nitrogens with one attached hydrogen (secondary N) is 2. The molecule has 5 nitrogen and oxygen atoms in total. The maximum atomic E-state index is 14.4. The molecule has 0 saturated heterocycles. The van der Waals surface area contributed by atoms with Gasteiger partial charge in [0.15, 0.2) is 0 Å². The Morgan fingerprint density at radius 2 is 1.53 bits per heavy atom. The van der Waals surface area contributed by atoms with Gasteiger partial charge in [0, 0.05) is 27.9 Å². The summed E-state index contributed by atoms with van der Waals surface area (Å²) in [6, 6.07) is 31.6. The number of amides is 1. The molecule has 6 aromatic rings. The van der Waals surface area contributed by atoms with Crippen LogP contribution in [0.2, 0.25) is 10.0 Å². The second kappa shape index (κ2) is 9.86. The van der Waals surface area contributed by atoms with E-state index in [1.807, 2.05) is 84.9 Å². The second-order valence-corrected chi connectivity index (χ2v) is 9.76. The van der Waals surface area contributed by atoms with E-state index in [0.717, 1.165) is 22.0 Å². The van der Waals surface area contributed by atoms with Crippen molar-refractivity contribution >= 4 is 50.9 Å². The third-order valence-electron chi connectivity index (χ3n) is 6.56. The summed E-state index contributed by atoms with van der Waals surface area (Å²) in [5.74, 6) is -0.397. The first-order chi connectivity index (χ1) is 18.5. The van der Waals surface area contributed by atoms with E-state index >= 15 is 0 Å². The van der Waals surface area contributed by atoms with Gasteiger partial charge in [-0.15, -0.1) is 0 Å². The molecule has 0 aliphatic heterocycles. The van der Waals surface area contributed by atoms with Gasteiger partial charge in [-0.25, -0.2) is 0 Å². The molecular weight excluding hydrogens is 517 g/mol. The Balaban J connectivity index is 1.71. The van der Waals surface area contributed by atoms with Crippen LogP contribution in [0.1, 0.15) is 16.1 Å². The summed E-state index contributed by atoms with van der Waals surface area (Å²) < 4.78 is 1.41. The van der Waals surface area contributed by atoms with Crippen molar-refractivity contribution in [3.05, 3.63) is 135 Å². The van der Waals surface area contributed by atoms with Crippen LogP contribution in [0.5, 0.6) is 0 Å². The van der Waals surface area contributed by atoms with Gasteiger partial charge in [0.1, 0.15) is 5.69 Å². The Labute approximate surface area is 228 Å². The number of hydrogen-bond donors (Lipinski definition) is 2. The maximum absolute atomic E-state index is 14.4. The summed E-state index contributed by atoms with van der Waals surface area (Å²) in [6.45, 7) is 0.298. The van der Waals surface area contributed by atoms with E-state index in [-0.39, 0.29) is 16.3 Å². The second-order valence-electron chi connectivity index (χ2n) is 8.91. The SMILES string of the molecule is O=C(NCc1ccccc1)c1c2c([nH]c3ccccc32)c(-c2ccccc2)c(=O)n1-c1ccc(Cl)cc1Cl. The van der Waals surface area contributed by atoms with E-state index in [1.54, 1.807) is 18.2 Å². The number of pyridine rings is 1. The van der Waals surface area contributed by atoms with Gasteiger partial charge in [0.2, 0.25) is 0 Å². The molecule has 0 radical (unpaired) electrons. The number of fused-ring (bicyclic) bond motifs is 3. The molecule has 0 atom stereocenters. The number of halogens is 2. The summed E-state index contributed by atoms with van der Waals surface area (Å²) >= 11 is 12.8. The zero-order valence-electron chi connectivity index (χ0n) is 20.0. The van der Waals surface area contributed by atoms with E-state index < -0.39 is 5.91 Å². The van der Waals surface area contributed by atoms with Crippen molar-refractivity contribution in [1.82, 2.24) is 14.9 Å². The lowest BCUT2D eigenvalue weighted by molar-refractivity contribution is 0.0945. The van der Waals surface area contributed by atoms with Gasteiger partial charge in [-0.2, -0.15) is 0 Å². The van der Waals surface area contributed by atoms with Crippen LogP contribution in [0.15, 0.2) is 108 Å². The molecule has 38 heavy (non-hydrogen) atoms. The Hall–Kier alpha value is -4.32. The third kappa shape index (κ3) is 4.16. The summed E-state index contributed by atoms with van der Waals surface area (Å²) in [6.07, 6.45) is 0. The highest BCUT2D eigenvalue weighted by molar-refractivity contribution is 6.36. The first-order valence-corrected chi connectivity index (χ1v) is 12.8. The smallest absolute Gasteiger partial charge is 0.269 e. The van der Waals surface area contributed by atoms with E-state index in [0.29, 0.717) is 33.7 Å². The zero-order valence-corrected chi connectivity index (χ0v) is 21.6. The topological polar surface area (TPSA) is 66.9 Å². The number of carbonyl (C=O) groups is 1. The third-order valence-corrected chi connectivity index (χ3v) is 7.10. The Kier molecular flexibility index (Phi) is 6.24. The molecule has 7 heteroatoms. The van der Waals surface area contributed by atoms with Gasteiger partial charge in [0.25, 0.3) is 11.5 Å². The normalized spacial score (nSPS) is 11.2. The van der Waals surface area contributed by atoms with Gasteiger partial charge in [-0.05, 0) is 35.4 Å². The summed E-state index contributed by atoms with van der Waals surface area (Å²) in [4.78, 5) is 31.8. The van der Waals surface area contributed by atoms with Crippen molar-refractivity contribution < 1.29 is 4.79 Å². The number of nitrogens with zero attached hydrogens (tertiary/aromatic N) is 1. The van der Waals surface area contributed by atoms with Crippen LogP contribution < -0.4 is 10.9 Å². The molecule has 2 heterocycles. The van der Waals surface area contributed by atoms with E-state index in [1.165, 1.54) is 4.57 Å². The first-order valence-electron chi connectivity index (χ1n) is 12.1. The zero-order chi connectivity index (χ0) is 26.2. The minimum Gasteiger partial charge on any atom is -0.354 e. The Bertz CT molecular complexity index is 1880. The molecule has 186 valence electrons. The highest BCUT2D eigenvalue weighted by Gasteiger charge is 2.27. The Morgan fingerprint density at radius 1 is 0.842 bits per heavy atom. The molecule has 6 rings (SSSR count). The molecule has 1 amide bonds. The summed E-state index contributed by atoms with van der Waals surface area (Å²) in [5.41, 5.74) is 3.72. The lowest BCUT2D eigenvalue weighted by Gasteiger charge is -2.18. The fourth-order valence-corrected chi connectivity index (χ4v) is 5.34. The van der Waals surface area contributed by atoms with E-state index in [4.69, 9.17) is 23.2 Å². The van der Waals surface area contributed by atoms with Crippen LogP contribution in [-0.2, 0) is 6.54 Å². The van der Waals surface area contributed by atoms with Crippen LogP contribution in [0.4, 0.5) is 0 Å². The summed E-state index contributed by atoms with van der Waals surface area (Å²) in [7, 11) is 0. The van der Waals surface area contributed by atoms with Gasteiger partial charge in [0.05, 0.1) is 21.8 Å². The predicted molar refractivity (Wildman–Crippen MR) is 154 cm³/mol. The molecule has 2 aromatic heterocycles. The van der Waals surface area contributed by atoms with E-state index in [9.17, 15) is 9.59 Å². The van der Waals surface area contributed by atoms with Crippen molar-refractivity contribution in [1.29, 1.82) is 0 Å². The van der Waals surface area contributed by atoms with Crippen molar-refractivity contribution in [2.75, 3.05) is 0 Å². The molecule has 0 spiro atoms. The standard InChI is InChI=1S/C31H21Cl2N3O2/c32-21-15-16-25(23(33)17-21)36-29(30(37)34-18-19-9-3-1-4-10-19)27-22-13-7-8-14-24(22)35-28(27)26(31(36)38)20-11-5-2-6-12-20/h1-17,35H,18H2,(H,34,37). The quantitative estimate of drug-likeness (QED) is 0.241. The minimum absolute atomic E-state index is 0.197. The number of carbonyl (C=O) groups excluding carboxylic acids is 1. The molecule has 0 aliphatic rings. The van der Waals surface area contributed by atoms with Gasteiger partial charge < -0.3 is 10.3 Å². The highest BCUT2D eigenvalue weighted by atomic mass is 35.5. The maximum Gasteiger partial charge on any atom is 0.269 e. The fraction of sp³-hybridized carbons (Fsp3) is 0.0323. The van der Waals surface area contributed by atoms with Gasteiger partial charge in [-0.1, -0.05) is 102 Å². The van der Waals surface area contributed by atoms with Gasteiger partial charge >= 0.3 is 0 Å². The largest absolute Gasteiger partial charge is 0.354 e. The average Bonchev–Trinajstić information content (AvgIpc) is 3.31. The van der Waals surface area contributed by atoms with Crippen molar-refractivity contribution in [3.63, 3.8) is 0 Å². The van der Waals surface area contributed by atoms with Crippen LogP contribution >= 0.6 is 23.2 Å². The van der Waals surface area contributed by atoms with Crippen LogP contribution in [-0.4, -0.2) is 15.5 Å². The molecule has 4 aromatic carbocycles. The average molecular weight is 538 g/mol. The highest BCUT2D eigenvalue weighted by Crippen LogP contribution is 2.36. The fourth-order valence-electron chi connectivity index (χ4n) is 4.85. The van der Waals surface area contributed by atoms with Crippen LogP contribution in [0.3, 0.4) is 0 Å². The number of para-hydroxylation sites is 1. The molecule has 0 bridgehead atoms. The number of hydrogen-bond acceptors (Lipinski definition) is 2. The van der Waals surface area contributed by atoms with Gasteiger partial charge in [-0.3, -0.25) is 14.2 Å². The van der Waals surface area contributed by atoms with E-state index in [2.05, 4.69) is 10.3 Å². The lowest BCUT2D eigenvalue weighted by Crippen LogP contribution is -2.32. The molecule has 0 unspecified atom stereocenters. The first kappa shape index (κ1) is 24.0. The molecular formula is C31H21Cl2N3O2. The number of benzene rings is 4.